The summed E-state index contributed by atoms with van der Waals surface area (Å²) in [4.78, 5) is 29.0. The van der Waals surface area contributed by atoms with Gasteiger partial charge in [0.05, 0.1) is 28.7 Å². The van der Waals surface area contributed by atoms with Crippen LogP contribution in [0.5, 0.6) is 11.5 Å². The van der Waals surface area contributed by atoms with Crippen molar-refractivity contribution in [1.82, 2.24) is 9.66 Å². The maximum atomic E-state index is 13.3. The Morgan fingerprint density at radius 1 is 1.30 bits per heavy atom. The van der Waals surface area contributed by atoms with Gasteiger partial charge in [0, 0.05) is 10.4 Å². The molecule has 8 nitrogen and oxygen atoms in total. The van der Waals surface area contributed by atoms with Crippen LogP contribution in [0.4, 0.5) is 0 Å². The van der Waals surface area contributed by atoms with Gasteiger partial charge in [0.15, 0.2) is 18.1 Å². The second kappa shape index (κ2) is 10.8. The topological polar surface area (TPSA) is 109 Å². The first-order chi connectivity index (χ1) is 15.7. The number of ether oxygens (including phenoxy) is 2. The third-order valence-corrected chi connectivity index (χ3v) is 5.67. The van der Waals surface area contributed by atoms with Crippen molar-refractivity contribution < 1.29 is 14.3 Å². The molecular formula is C23H24BrClN4O4. The number of amides is 1. The van der Waals surface area contributed by atoms with Crippen molar-refractivity contribution in [3.8, 4) is 11.5 Å². The SMILES string of the molecule is CCOc1cc(C=Nn2c([C@@H](C)CC)nc3ccc(Br)cc3c2=O)cc(Cl)c1OCC(N)=O. The molecule has 0 saturated carbocycles. The summed E-state index contributed by atoms with van der Waals surface area (Å²) in [7, 11) is 0. The molecule has 0 aliphatic heterocycles. The quantitative estimate of drug-likeness (QED) is 0.407. The number of nitrogens with zero attached hydrogens (tertiary/aromatic N) is 3. The van der Waals surface area contributed by atoms with Crippen LogP contribution in [0.15, 0.2) is 44.7 Å². The van der Waals surface area contributed by atoms with Crippen LogP contribution < -0.4 is 20.8 Å². The molecule has 2 N–H and O–H groups in total. The van der Waals surface area contributed by atoms with Crippen molar-refractivity contribution in [3.05, 3.63) is 61.6 Å². The Labute approximate surface area is 204 Å². The van der Waals surface area contributed by atoms with Gasteiger partial charge in [-0.3, -0.25) is 9.59 Å². The fourth-order valence-corrected chi connectivity index (χ4v) is 3.75. The Kier molecular flexibility index (Phi) is 8.10. The number of aromatic nitrogens is 2. The van der Waals surface area contributed by atoms with Crippen LogP contribution in [0.1, 0.15) is 44.5 Å². The van der Waals surface area contributed by atoms with E-state index in [2.05, 4.69) is 21.0 Å². The highest BCUT2D eigenvalue weighted by Gasteiger charge is 2.17. The van der Waals surface area contributed by atoms with E-state index in [1.165, 1.54) is 10.9 Å². The van der Waals surface area contributed by atoms with Crippen molar-refractivity contribution >= 4 is 50.6 Å². The molecule has 1 atom stereocenters. The van der Waals surface area contributed by atoms with E-state index in [0.29, 0.717) is 34.6 Å². The number of hydrogen-bond acceptors (Lipinski definition) is 6. The zero-order valence-electron chi connectivity index (χ0n) is 18.5. The zero-order chi connectivity index (χ0) is 24.1. The van der Waals surface area contributed by atoms with E-state index >= 15 is 0 Å². The smallest absolute Gasteiger partial charge is 0.282 e. The average molecular weight is 536 g/mol. The molecule has 10 heteroatoms. The van der Waals surface area contributed by atoms with Crippen LogP contribution >= 0.6 is 27.5 Å². The number of benzene rings is 2. The van der Waals surface area contributed by atoms with Gasteiger partial charge < -0.3 is 15.2 Å². The third kappa shape index (κ3) is 5.72. The van der Waals surface area contributed by atoms with Crippen molar-refractivity contribution in [3.63, 3.8) is 0 Å². The summed E-state index contributed by atoms with van der Waals surface area (Å²) in [5.41, 5.74) is 6.07. The molecule has 0 aliphatic carbocycles. The van der Waals surface area contributed by atoms with Gasteiger partial charge in [0.25, 0.3) is 11.5 Å². The van der Waals surface area contributed by atoms with Crippen LogP contribution in [-0.4, -0.2) is 35.0 Å². The first-order valence-electron chi connectivity index (χ1n) is 10.4. The molecule has 0 radical (unpaired) electrons. The van der Waals surface area contributed by atoms with E-state index in [1.807, 2.05) is 26.8 Å². The molecule has 1 amide bonds. The molecule has 3 rings (SSSR count). The summed E-state index contributed by atoms with van der Waals surface area (Å²) in [6.45, 7) is 5.84. The number of carbonyl (C=O) groups excluding carboxylic acids is 1. The molecule has 3 aromatic rings. The van der Waals surface area contributed by atoms with Gasteiger partial charge in [-0.2, -0.15) is 9.78 Å². The molecular weight excluding hydrogens is 512 g/mol. The van der Waals surface area contributed by atoms with Crippen LogP contribution in [-0.2, 0) is 4.79 Å². The maximum absolute atomic E-state index is 13.3. The lowest BCUT2D eigenvalue weighted by molar-refractivity contribution is -0.119. The maximum Gasteiger partial charge on any atom is 0.282 e. The van der Waals surface area contributed by atoms with Crippen LogP contribution in [0.25, 0.3) is 10.9 Å². The van der Waals surface area contributed by atoms with Gasteiger partial charge >= 0.3 is 0 Å². The lowest BCUT2D eigenvalue weighted by Gasteiger charge is -2.15. The number of hydrogen-bond donors (Lipinski definition) is 1. The van der Waals surface area contributed by atoms with E-state index in [9.17, 15) is 9.59 Å². The molecule has 0 unspecified atom stereocenters. The van der Waals surface area contributed by atoms with Crippen LogP contribution in [0.3, 0.4) is 0 Å². The van der Waals surface area contributed by atoms with Gasteiger partial charge in [0.1, 0.15) is 5.82 Å². The van der Waals surface area contributed by atoms with Gasteiger partial charge in [-0.1, -0.05) is 41.4 Å². The Morgan fingerprint density at radius 3 is 2.73 bits per heavy atom. The molecule has 0 saturated heterocycles. The second-order valence-corrected chi connectivity index (χ2v) is 8.64. The highest BCUT2D eigenvalue weighted by Crippen LogP contribution is 2.36. The molecule has 2 aromatic carbocycles. The monoisotopic (exact) mass is 534 g/mol. The van der Waals surface area contributed by atoms with Crippen LogP contribution in [0, 0.1) is 0 Å². The minimum Gasteiger partial charge on any atom is -0.490 e. The predicted molar refractivity (Wildman–Crippen MR) is 133 cm³/mol. The fraction of sp³-hybridized carbons (Fsp3) is 0.304. The third-order valence-electron chi connectivity index (χ3n) is 4.90. The minimum atomic E-state index is -0.633. The summed E-state index contributed by atoms with van der Waals surface area (Å²) in [5, 5.41) is 5.12. The molecule has 0 aliphatic rings. The number of fused-ring (bicyclic) bond motifs is 1. The average Bonchev–Trinajstić information content (AvgIpc) is 2.77. The van der Waals surface area contributed by atoms with Gasteiger partial charge in [-0.05, 0) is 49.2 Å². The first kappa shape index (κ1) is 24.7. The minimum absolute atomic E-state index is 0.00930. The number of carbonyl (C=O) groups is 1. The number of rotatable bonds is 9. The zero-order valence-corrected chi connectivity index (χ0v) is 20.8. The standard InChI is InChI=1S/C23H24BrClN4O4/c1-4-13(3)22-28-18-7-6-15(24)10-16(18)23(31)29(22)27-11-14-8-17(25)21(33-12-20(26)30)19(9-14)32-5-2/h6-11,13H,4-5,12H2,1-3H3,(H2,26,30)/t13-/m0/s1. The molecule has 1 aromatic heterocycles. The Hall–Kier alpha value is -2.91. The number of nitrogens with two attached hydrogens (primary N) is 1. The van der Waals surface area contributed by atoms with Crippen molar-refractivity contribution in [1.29, 1.82) is 0 Å². The van der Waals surface area contributed by atoms with Gasteiger partial charge in [-0.25, -0.2) is 4.98 Å². The van der Waals surface area contributed by atoms with Crippen molar-refractivity contribution in [2.45, 2.75) is 33.1 Å². The fourth-order valence-electron chi connectivity index (χ4n) is 3.11. The highest BCUT2D eigenvalue weighted by atomic mass is 79.9. The first-order valence-corrected chi connectivity index (χ1v) is 11.6. The summed E-state index contributed by atoms with van der Waals surface area (Å²) in [5.74, 6) is 0.486. The number of halogens is 2. The van der Waals surface area contributed by atoms with E-state index < -0.39 is 5.91 Å². The summed E-state index contributed by atoms with van der Waals surface area (Å²) >= 11 is 9.76. The summed E-state index contributed by atoms with van der Waals surface area (Å²) < 4.78 is 13.1. The van der Waals surface area contributed by atoms with Crippen LogP contribution in [0.2, 0.25) is 5.02 Å². The highest BCUT2D eigenvalue weighted by molar-refractivity contribution is 9.10. The van der Waals surface area contributed by atoms with Gasteiger partial charge in [0.2, 0.25) is 0 Å². The Morgan fingerprint density at radius 2 is 2.06 bits per heavy atom. The van der Waals surface area contributed by atoms with E-state index in [0.717, 1.165) is 10.9 Å². The predicted octanol–water partition coefficient (Wildman–Crippen LogP) is 4.47. The van der Waals surface area contributed by atoms with Crippen molar-refractivity contribution in [2.24, 2.45) is 10.8 Å². The second-order valence-electron chi connectivity index (χ2n) is 7.32. The number of primary amides is 1. The van der Waals surface area contributed by atoms with Crippen molar-refractivity contribution in [2.75, 3.05) is 13.2 Å². The lowest BCUT2D eigenvalue weighted by atomic mass is 10.1. The Bertz CT molecular complexity index is 1280. The molecule has 174 valence electrons. The summed E-state index contributed by atoms with van der Waals surface area (Å²) in [6.07, 6.45) is 2.29. The van der Waals surface area contributed by atoms with E-state index in [1.54, 1.807) is 24.3 Å². The van der Waals surface area contributed by atoms with Gasteiger partial charge in [-0.15, -0.1) is 0 Å². The molecule has 1 heterocycles. The molecule has 33 heavy (non-hydrogen) atoms. The lowest BCUT2D eigenvalue weighted by Crippen LogP contribution is -2.23. The van der Waals surface area contributed by atoms with E-state index in [4.69, 9.17) is 31.8 Å². The molecule has 0 fully saturated rings. The largest absolute Gasteiger partial charge is 0.490 e. The molecule has 0 bridgehead atoms. The Balaban J connectivity index is 2.10. The normalized spacial score (nSPS) is 12.3. The molecule has 0 spiro atoms. The van der Waals surface area contributed by atoms with E-state index in [-0.39, 0.29) is 28.9 Å². The summed E-state index contributed by atoms with van der Waals surface area (Å²) in [6, 6.07) is 8.64.